The summed E-state index contributed by atoms with van der Waals surface area (Å²) in [5.74, 6) is -0.159. The normalized spacial score (nSPS) is 28.4. The maximum atomic E-state index is 11.4. The summed E-state index contributed by atoms with van der Waals surface area (Å²) in [6.45, 7) is 3.28. The van der Waals surface area contributed by atoms with Gasteiger partial charge in [-0.05, 0) is 37.3 Å². The average molecular weight is 237 g/mol. The number of hydrogen-bond acceptors (Lipinski definition) is 3. The molecule has 0 saturated heterocycles. The molecule has 0 atom stereocenters. The van der Waals surface area contributed by atoms with Crippen LogP contribution in [0.5, 0.6) is 0 Å². The van der Waals surface area contributed by atoms with Gasteiger partial charge in [-0.1, -0.05) is 6.58 Å². The van der Waals surface area contributed by atoms with Crippen LogP contribution in [0.25, 0.3) is 0 Å². The number of halogens is 1. The second-order valence-electron chi connectivity index (χ2n) is 3.53. The molecule has 0 unspecified atom stereocenters. The van der Waals surface area contributed by atoms with Gasteiger partial charge in [0.25, 0.3) is 0 Å². The highest BCUT2D eigenvalue weighted by Gasteiger charge is 2.31. The van der Waals surface area contributed by atoms with Gasteiger partial charge in [-0.15, -0.1) is 0 Å². The van der Waals surface area contributed by atoms with Crippen LogP contribution in [0.3, 0.4) is 0 Å². The summed E-state index contributed by atoms with van der Waals surface area (Å²) in [4.78, 5) is 10.8. The first-order valence-corrected chi connectivity index (χ1v) is 6.52. The molecule has 0 aliphatic heterocycles. The number of hydrogen-bond donors (Lipinski definition) is 0. The Hall–Kier alpha value is -0.350. The van der Waals surface area contributed by atoms with Crippen molar-refractivity contribution in [1.29, 1.82) is 0 Å². The minimum atomic E-state index is -3.16. The molecule has 0 heterocycles. The second-order valence-corrected chi connectivity index (χ2v) is 6.08. The molecule has 0 aromatic carbocycles. The molecule has 1 aliphatic carbocycles. The van der Waals surface area contributed by atoms with Crippen molar-refractivity contribution in [3.63, 3.8) is 0 Å². The summed E-state index contributed by atoms with van der Waals surface area (Å²) in [5.41, 5.74) is 0. The number of sulfone groups is 1. The fourth-order valence-electron chi connectivity index (χ4n) is 1.75. The molecule has 5 heteroatoms. The summed E-state index contributed by atoms with van der Waals surface area (Å²) < 4.78 is 22.8. The monoisotopic (exact) mass is 236 g/mol. The Morgan fingerprint density at radius 3 is 2.14 bits per heavy atom. The van der Waals surface area contributed by atoms with Crippen LogP contribution in [-0.4, -0.2) is 18.9 Å². The topological polar surface area (TPSA) is 51.2 Å². The molecule has 0 aromatic heterocycles. The van der Waals surface area contributed by atoms with E-state index in [0.717, 1.165) is 5.41 Å². The van der Waals surface area contributed by atoms with Gasteiger partial charge in [-0.2, -0.15) is 0 Å². The molecular formula is C9H13ClO3S. The van der Waals surface area contributed by atoms with Crippen LogP contribution in [-0.2, 0) is 14.6 Å². The van der Waals surface area contributed by atoms with E-state index in [4.69, 9.17) is 11.6 Å². The van der Waals surface area contributed by atoms with Gasteiger partial charge in [0, 0.05) is 11.3 Å². The molecule has 80 valence electrons. The van der Waals surface area contributed by atoms with E-state index in [2.05, 4.69) is 6.58 Å². The summed E-state index contributed by atoms with van der Waals surface area (Å²) in [6, 6.07) is 0. The van der Waals surface area contributed by atoms with Gasteiger partial charge in [-0.3, -0.25) is 4.79 Å². The largest absolute Gasteiger partial charge is 0.281 e. The lowest BCUT2D eigenvalue weighted by Crippen LogP contribution is -2.27. The average Bonchev–Trinajstić information content (AvgIpc) is 2.18. The van der Waals surface area contributed by atoms with Crippen molar-refractivity contribution in [2.45, 2.75) is 30.9 Å². The zero-order valence-corrected chi connectivity index (χ0v) is 9.35. The Morgan fingerprint density at radius 1 is 1.29 bits per heavy atom. The fourth-order valence-corrected chi connectivity index (χ4v) is 3.17. The molecular weight excluding hydrogens is 224 g/mol. The summed E-state index contributed by atoms with van der Waals surface area (Å²) in [7, 11) is -3.16. The molecule has 0 radical (unpaired) electrons. The lowest BCUT2D eigenvalue weighted by molar-refractivity contribution is -0.115. The zero-order chi connectivity index (χ0) is 10.8. The van der Waals surface area contributed by atoms with Crippen molar-refractivity contribution in [2.24, 2.45) is 5.92 Å². The summed E-state index contributed by atoms with van der Waals surface area (Å²) in [5, 5.41) is 0.285. The molecule has 1 aliphatic rings. The third kappa shape index (κ3) is 2.58. The molecule has 0 amide bonds. The van der Waals surface area contributed by atoms with Crippen molar-refractivity contribution < 1.29 is 13.2 Å². The quantitative estimate of drug-likeness (QED) is 0.703. The van der Waals surface area contributed by atoms with Crippen molar-refractivity contribution in [2.75, 3.05) is 0 Å². The van der Waals surface area contributed by atoms with Gasteiger partial charge in [0.2, 0.25) is 5.24 Å². The third-order valence-electron chi connectivity index (χ3n) is 2.69. The molecule has 14 heavy (non-hydrogen) atoms. The first-order valence-electron chi connectivity index (χ1n) is 4.53. The Bertz CT molecular complexity index is 326. The summed E-state index contributed by atoms with van der Waals surface area (Å²) in [6.07, 6.45) is 2.16. The van der Waals surface area contributed by atoms with E-state index in [1.807, 2.05) is 0 Å². The Balaban J connectivity index is 2.60. The predicted octanol–water partition coefficient (Wildman–Crippen LogP) is 1.87. The van der Waals surface area contributed by atoms with E-state index < -0.39 is 9.84 Å². The molecule has 3 nitrogen and oxygen atoms in total. The van der Waals surface area contributed by atoms with Crippen LogP contribution < -0.4 is 0 Å². The maximum Gasteiger partial charge on any atom is 0.224 e. The molecule has 0 spiro atoms. The second kappa shape index (κ2) is 4.45. The van der Waals surface area contributed by atoms with E-state index >= 15 is 0 Å². The van der Waals surface area contributed by atoms with E-state index in [0.29, 0.717) is 25.7 Å². The van der Waals surface area contributed by atoms with Crippen LogP contribution in [0.15, 0.2) is 12.0 Å². The van der Waals surface area contributed by atoms with Crippen molar-refractivity contribution in [3.05, 3.63) is 12.0 Å². The minimum Gasteiger partial charge on any atom is -0.281 e. The Kier molecular flexibility index (Phi) is 3.72. The zero-order valence-electron chi connectivity index (χ0n) is 7.78. The molecule has 1 saturated carbocycles. The number of carbonyl (C=O) groups excluding carboxylic acids is 1. The highest BCUT2D eigenvalue weighted by atomic mass is 35.5. The standard InChI is InChI=1S/C9H13ClO3S/c1-2-14(12,13)8-5-3-7(4-6-8)9(10)11/h2,7-8H,1,3-6H2. The Morgan fingerprint density at radius 2 is 1.79 bits per heavy atom. The van der Waals surface area contributed by atoms with Gasteiger partial charge in [-0.25, -0.2) is 8.42 Å². The van der Waals surface area contributed by atoms with Crippen molar-refractivity contribution in [3.8, 4) is 0 Å². The van der Waals surface area contributed by atoms with Gasteiger partial charge in [0.1, 0.15) is 0 Å². The lowest BCUT2D eigenvalue weighted by atomic mass is 9.90. The highest BCUT2D eigenvalue weighted by Crippen LogP contribution is 2.30. The smallest absolute Gasteiger partial charge is 0.224 e. The minimum absolute atomic E-state index is 0.159. The van der Waals surface area contributed by atoms with Crippen molar-refractivity contribution >= 4 is 26.7 Å². The maximum absolute atomic E-state index is 11.4. The van der Waals surface area contributed by atoms with E-state index in [1.165, 1.54) is 0 Å². The van der Waals surface area contributed by atoms with Gasteiger partial charge >= 0.3 is 0 Å². The molecule has 0 aromatic rings. The van der Waals surface area contributed by atoms with E-state index in [9.17, 15) is 13.2 Å². The van der Waals surface area contributed by atoms with Gasteiger partial charge < -0.3 is 0 Å². The molecule has 0 N–H and O–H groups in total. The fraction of sp³-hybridized carbons (Fsp3) is 0.667. The lowest BCUT2D eigenvalue weighted by Gasteiger charge is -2.24. The first kappa shape index (κ1) is 11.7. The van der Waals surface area contributed by atoms with Crippen LogP contribution in [0, 0.1) is 5.92 Å². The van der Waals surface area contributed by atoms with Crippen LogP contribution in [0.2, 0.25) is 0 Å². The van der Waals surface area contributed by atoms with Crippen LogP contribution >= 0.6 is 11.6 Å². The van der Waals surface area contributed by atoms with E-state index in [-0.39, 0.29) is 16.4 Å². The third-order valence-corrected chi connectivity index (χ3v) is 4.87. The Labute approximate surface area is 89.1 Å². The SMILES string of the molecule is C=CS(=O)(=O)C1CCC(C(=O)Cl)CC1. The van der Waals surface area contributed by atoms with Crippen LogP contribution in [0.1, 0.15) is 25.7 Å². The van der Waals surface area contributed by atoms with E-state index in [1.54, 1.807) is 0 Å². The number of rotatable bonds is 3. The first-order chi connectivity index (χ1) is 6.47. The van der Waals surface area contributed by atoms with Crippen molar-refractivity contribution in [1.82, 2.24) is 0 Å². The van der Waals surface area contributed by atoms with Gasteiger partial charge in [0.15, 0.2) is 9.84 Å². The van der Waals surface area contributed by atoms with Crippen LogP contribution in [0.4, 0.5) is 0 Å². The van der Waals surface area contributed by atoms with Gasteiger partial charge in [0.05, 0.1) is 5.25 Å². The molecule has 1 fully saturated rings. The molecule has 0 bridgehead atoms. The number of carbonyl (C=O) groups is 1. The molecule has 1 rings (SSSR count). The highest BCUT2D eigenvalue weighted by molar-refractivity contribution is 7.94. The predicted molar refractivity (Wildman–Crippen MR) is 55.7 cm³/mol. The summed E-state index contributed by atoms with van der Waals surface area (Å²) >= 11 is 5.34.